The van der Waals surface area contributed by atoms with Crippen molar-refractivity contribution in [2.24, 2.45) is 0 Å². The summed E-state index contributed by atoms with van der Waals surface area (Å²) >= 11 is 0. The lowest BCUT2D eigenvalue weighted by Gasteiger charge is -2.32. The second-order valence-electron chi connectivity index (χ2n) is 8.56. The van der Waals surface area contributed by atoms with Gasteiger partial charge in [-0.2, -0.15) is 0 Å². The number of benzene rings is 2. The van der Waals surface area contributed by atoms with Crippen LogP contribution in [0.2, 0.25) is 0 Å². The van der Waals surface area contributed by atoms with Crippen LogP contribution in [0.1, 0.15) is 52.0 Å². The minimum atomic E-state index is -0.408. The number of nitrogens with zero attached hydrogens (tertiary/aromatic N) is 3. The van der Waals surface area contributed by atoms with Crippen molar-refractivity contribution in [1.82, 2.24) is 19.8 Å². The molecule has 2 aromatic carbocycles. The first-order valence-electron chi connectivity index (χ1n) is 10.3. The van der Waals surface area contributed by atoms with Crippen LogP contribution in [0.15, 0.2) is 53.3 Å². The van der Waals surface area contributed by atoms with Crippen molar-refractivity contribution in [2.75, 3.05) is 6.54 Å². The number of urea groups is 1. The minimum absolute atomic E-state index is 0.135. The lowest BCUT2D eigenvalue weighted by atomic mass is 10.1. The van der Waals surface area contributed by atoms with Crippen molar-refractivity contribution < 1.29 is 4.79 Å². The molecule has 2 amide bonds. The number of aryl methyl sites for hydroxylation is 1. The van der Waals surface area contributed by atoms with Gasteiger partial charge in [-0.3, -0.25) is 9.36 Å². The number of para-hydroxylation sites is 2. The van der Waals surface area contributed by atoms with Gasteiger partial charge in [0.15, 0.2) is 0 Å². The molecule has 3 rings (SSSR count). The number of carbonyl (C=O) groups is 1. The summed E-state index contributed by atoms with van der Waals surface area (Å²) in [6.45, 7) is 12.1. The van der Waals surface area contributed by atoms with Gasteiger partial charge in [-0.1, -0.05) is 30.3 Å². The van der Waals surface area contributed by atoms with Gasteiger partial charge in [0.2, 0.25) is 0 Å². The molecule has 0 saturated heterocycles. The molecule has 6 heteroatoms. The van der Waals surface area contributed by atoms with Gasteiger partial charge in [0.25, 0.3) is 5.56 Å². The van der Waals surface area contributed by atoms with Crippen LogP contribution in [0.5, 0.6) is 0 Å². The summed E-state index contributed by atoms with van der Waals surface area (Å²) in [5, 5.41) is 3.57. The second kappa shape index (κ2) is 8.30. The molecule has 0 aliphatic rings. The molecule has 158 valence electrons. The Morgan fingerprint density at radius 3 is 2.40 bits per heavy atom. The van der Waals surface area contributed by atoms with E-state index in [0.717, 1.165) is 11.3 Å². The Hall–Kier alpha value is -3.15. The Labute approximate surface area is 177 Å². The number of amides is 2. The molecular weight excluding hydrogens is 376 g/mol. The fraction of sp³-hybridized carbons (Fsp3) is 0.375. The fourth-order valence-electron chi connectivity index (χ4n) is 3.60. The van der Waals surface area contributed by atoms with Crippen molar-refractivity contribution >= 4 is 16.9 Å². The standard InChI is InChI=1S/C24H30N4O2/c1-7-27(23(30)26-24(4,5)6)17(3)21-25-19-14-10-9-13-18(19)22(29)28(21)20-15-11-8-12-16(20)2/h8-15,17H,7H2,1-6H3,(H,26,30). The number of aromatic nitrogens is 2. The van der Waals surface area contributed by atoms with Crippen LogP contribution in [0, 0.1) is 6.92 Å². The Morgan fingerprint density at radius 1 is 1.13 bits per heavy atom. The van der Waals surface area contributed by atoms with Gasteiger partial charge in [-0.05, 0) is 65.3 Å². The number of rotatable bonds is 4. The van der Waals surface area contributed by atoms with E-state index in [1.807, 2.05) is 84.0 Å². The van der Waals surface area contributed by atoms with Gasteiger partial charge in [-0.25, -0.2) is 9.78 Å². The number of nitrogens with one attached hydrogen (secondary N) is 1. The van der Waals surface area contributed by atoms with E-state index in [0.29, 0.717) is 23.3 Å². The van der Waals surface area contributed by atoms with E-state index < -0.39 is 6.04 Å². The minimum Gasteiger partial charge on any atom is -0.333 e. The average molecular weight is 407 g/mol. The lowest BCUT2D eigenvalue weighted by molar-refractivity contribution is 0.171. The van der Waals surface area contributed by atoms with Crippen LogP contribution in [0.4, 0.5) is 4.79 Å². The molecule has 1 unspecified atom stereocenters. The molecule has 0 spiro atoms. The fourth-order valence-corrected chi connectivity index (χ4v) is 3.60. The Morgan fingerprint density at radius 2 is 1.77 bits per heavy atom. The molecule has 0 saturated carbocycles. The number of fused-ring (bicyclic) bond motifs is 1. The van der Waals surface area contributed by atoms with Gasteiger partial charge in [-0.15, -0.1) is 0 Å². The molecule has 0 aliphatic carbocycles. The SMILES string of the molecule is CCN(C(=O)NC(C)(C)C)C(C)c1nc2ccccc2c(=O)n1-c1ccccc1C. The maximum Gasteiger partial charge on any atom is 0.318 e. The topological polar surface area (TPSA) is 67.2 Å². The largest absolute Gasteiger partial charge is 0.333 e. The zero-order valence-corrected chi connectivity index (χ0v) is 18.6. The Balaban J connectivity index is 2.23. The van der Waals surface area contributed by atoms with E-state index in [1.165, 1.54) is 0 Å². The van der Waals surface area contributed by atoms with Crippen molar-refractivity contribution in [3.05, 3.63) is 70.3 Å². The molecule has 1 N–H and O–H groups in total. The molecule has 0 aliphatic heterocycles. The van der Waals surface area contributed by atoms with E-state index >= 15 is 0 Å². The summed E-state index contributed by atoms with van der Waals surface area (Å²) in [6.07, 6.45) is 0. The van der Waals surface area contributed by atoms with Crippen molar-refractivity contribution in [1.29, 1.82) is 0 Å². The Kier molecular flexibility index (Phi) is 5.97. The number of carbonyl (C=O) groups excluding carboxylic acids is 1. The zero-order chi connectivity index (χ0) is 22.1. The molecule has 1 heterocycles. The molecule has 0 fully saturated rings. The van der Waals surface area contributed by atoms with Crippen LogP contribution in [0.3, 0.4) is 0 Å². The highest BCUT2D eigenvalue weighted by atomic mass is 16.2. The average Bonchev–Trinajstić information content (AvgIpc) is 2.68. The molecule has 1 atom stereocenters. The van der Waals surface area contributed by atoms with E-state index in [-0.39, 0.29) is 17.1 Å². The highest BCUT2D eigenvalue weighted by Crippen LogP contribution is 2.24. The summed E-state index contributed by atoms with van der Waals surface area (Å²) < 4.78 is 1.65. The van der Waals surface area contributed by atoms with Gasteiger partial charge in [0, 0.05) is 12.1 Å². The molecular formula is C24H30N4O2. The van der Waals surface area contributed by atoms with E-state index in [9.17, 15) is 9.59 Å². The maximum atomic E-state index is 13.5. The molecule has 0 bridgehead atoms. The van der Waals surface area contributed by atoms with Crippen LogP contribution < -0.4 is 10.9 Å². The van der Waals surface area contributed by atoms with Gasteiger partial charge < -0.3 is 10.2 Å². The second-order valence-corrected chi connectivity index (χ2v) is 8.56. The molecule has 30 heavy (non-hydrogen) atoms. The Bertz CT molecular complexity index is 1130. The van der Waals surface area contributed by atoms with Crippen molar-refractivity contribution in [2.45, 2.75) is 53.1 Å². The summed E-state index contributed by atoms with van der Waals surface area (Å²) in [5.41, 5.74) is 1.86. The first kappa shape index (κ1) is 21.6. The summed E-state index contributed by atoms with van der Waals surface area (Å²) in [7, 11) is 0. The molecule has 3 aromatic rings. The van der Waals surface area contributed by atoms with Crippen molar-refractivity contribution in [3.63, 3.8) is 0 Å². The van der Waals surface area contributed by atoms with Gasteiger partial charge in [0.1, 0.15) is 5.82 Å². The third-order valence-electron chi connectivity index (χ3n) is 5.08. The van der Waals surface area contributed by atoms with E-state index in [2.05, 4.69) is 5.32 Å². The van der Waals surface area contributed by atoms with E-state index in [4.69, 9.17) is 4.98 Å². The summed E-state index contributed by atoms with van der Waals surface area (Å²) in [4.78, 5) is 33.0. The number of hydrogen-bond donors (Lipinski definition) is 1. The molecule has 1 aromatic heterocycles. The smallest absolute Gasteiger partial charge is 0.318 e. The highest BCUT2D eigenvalue weighted by molar-refractivity contribution is 5.78. The highest BCUT2D eigenvalue weighted by Gasteiger charge is 2.28. The zero-order valence-electron chi connectivity index (χ0n) is 18.6. The first-order valence-corrected chi connectivity index (χ1v) is 10.3. The molecule has 0 radical (unpaired) electrons. The number of hydrogen-bond acceptors (Lipinski definition) is 3. The van der Waals surface area contributed by atoms with Gasteiger partial charge in [0.05, 0.1) is 22.6 Å². The predicted molar refractivity (Wildman–Crippen MR) is 121 cm³/mol. The van der Waals surface area contributed by atoms with Crippen molar-refractivity contribution in [3.8, 4) is 5.69 Å². The third-order valence-corrected chi connectivity index (χ3v) is 5.08. The van der Waals surface area contributed by atoms with Crippen LogP contribution in [-0.2, 0) is 0 Å². The normalized spacial score (nSPS) is 12.6. The first-order chi connectivity index (χ1) is 14.1. The van der Waals surface area contributed by atoms with Crippen LogP contribution in [0.25, 0.3) is 16.6 Å². The van der Waals surface area contributed by atoms with Gasteiger partial charge >= 0.3 is 6.03 Å². The third kappa shape index (κ3) is 4.22. The van der Waals surface area contributed by atoms with Crippen LogP contribution >= 0.6 is 0 Å². The summed E-state index contributed by atoms with van der Waals surface area (Å²) in [6, 6.07) is 14.5. The molecule has 6 nitrogen and oxygen atoms in total. The summed E-state index contributed by atoms with van der Waals surface area (Å²) in [5.74, 6) is 0.541. The van der Waals surface area contributed by atoms with E-state index in [1.54, 1.807) is 15.5 Å². The quantitative estimate of drug-likeness (QED) is 0.689. The maximum absolute atomic E-state index is 13.5. The van der Waals surface area contributed by atoms with Crippen LogP contribution in [-0.4, -0.2) is 32.6 Å². The monoisotopic (exact) mass is 406 g/mol. The predicted octanol–water partition coefficient (Wildman–Crippen LogP) is 4.59. The lowest BCUT2D eigenvalue weighted by Crippen LogP contribution is -2.49.